The predicted molar refractivity (Wildman–Crippen MR) is 76.3 cm³/mol. The molecule has 3 nitrogen and oxygen atoms in total. The minimum Gasteiger partial charge on any atom is -0.352 e. The van der Waals surface area contributed by atoms with Gasteiger partial charge in [-0.3, -0.25) is 0 Å². The van der Waals surface area contributed by atoms with Gasteiger partial charge < -0.3 is 4.90 Å². The molecule has 1 aromatic heterocycles. The van der Waals surface area contributed by atoms with E-state index in [2.05, 4.69) is 27.9 Å². The molecule has 2 heterocycles. The summed E-state index contributed by atoms with van der Waals surface area (Å²) in [5.41, 5.74) is 1.14. The van der Waals surface area contributed by atoms with Gasteiger partial charge >= 0.3 is 0 Å². The number of alkyl halides is 1. The Morgan fingerprint density at radius 3 is 3.00 bits per heavy atom. The first-order chi connectivity index (χ1) is 8.85. The predicted octanol–water partition coefficient (Wildman–Crippen LogP) is 3.42. The number of hydrogen-bond acceptors (Lipinski definition) is 3. The van der Waals surface area contributed by atoms with Crippen LogP contribution in [0.15, 0.2) is 12.4 Å². The number of halogens is 1. The smallest absolute Gasteiger partial charge is 0.132 e. The highest BCUT2D eigenvalue weighted by Crippen LogP contribution is 2.23. The summed E-state index contributed by atoms with van der Waals surface area (Å²) in [7, 11) is 0. The standard InChI is InChI=1S/C14H22ClN3/c1-2-6-12-9-14(17-11-16-12)18-8-5-3-4-7-13(18)10-15/h9,11,13H,2-8,10H2,1H3. The molecule has 0 amide bonds. The quantitative estimate of drug-likeness (QED) is 0.783. The molecule has 100 valence electrons. The Morgan fingerprint density at radius 1 is 1.33 bits per heavy atom. The molecule has 1 fully saturated rings. The van der Waals surface area contributed by atoms with Crippen molar-refractivity contribution < 1.29 is 0 Å². The van der Waals surface area contributed by atoms with Crippen LogP contribution in [0.2, 0.25) is 0 Å². The van der Waals surface area contributed by atoms with Gasteiger partial charge in [0.25, 0.3) is 0 Å². The van der Waals surface area contributed by atoms with Crippen molar-refractivity contribution in [3.05, 3.63) is 18.1 Å². The third-order valence-corrected chi connectivity index (χ3v) is 3.92. The van der Waals surface area contributed by atoms with E-state index < -0.39 is 0 Å². The molecule has 0 aromatic carbocycles. The van der Waals surface area contributed by atoms with Gasteiger partial charge in [-0.1, -0.05) is 26.2 Å². The summed E-state index contributed by atoms with van der Waals surface area (Å²) in [4.78, 5) is 11.1. The normalized spacial score (nSPS) is 20.8. The van der Waals surface area contributed by atoms with Crippen LogP contribution < -0.4 is 4.90 Å². The van der Waals surface area contributed by atoms with Crippen LogP contribution in [0.25, 0.3) is 0 Å². The number of hydrogen-bond donors (Lipinski definition) is 0. The van der Waals surface area contributed by atoms with Crippen molar-refractivity contribution in [2.45, 2.75) is 51.5 Å². The Hall–Kier alpha value is -0.830. The van der Waals surface area contributed by atoms with E-state index in [1.165, 1.54) is 25.7 Å². The van der Waals surface area contributed by atoms with E-state index in [1.54, 1.807) is 6.33 Å². The molecule has 1 aliphatic heterocycles. The largest absolute Gasteiger partial charge is 0.352 e. The maximum atomic E-state index is 6.11. The summed E-state index contributed by atoms with van der Waals surface area (Å²) in [5, 5.41) is 0. The molecule has 0 spiro atoms. The second kappa shape index (κ2) is 6.93. The summed E-state index contributed by atoms with van der Waals surface area (Å²) in [5.74, 6) is 1.74. The lowest BCUT2D eigenvalue weighted by molar-refractivity contribution is 0.615. The molecular formula is C14H22ClN3. The monoisotopic (exact) mass is 267 g/mol. The van der Waals surface area contributed by atoms with Crippen molar-refractivity contribution in [2.24, 2.45) is 0 Å². The maximum absolute atomic E-state index is 6.11. The topological polar surface area (TPSA) is 29.0 Å². The van der Waals surface area contributed by atoms with Gasteiger partial charge in [-0.25, -0.2) is 9.97 Å². The first-order valence-corrected chi connectivity index (χ1v) is 7.52. The molecule has 4 heteroatoms. The Balaban J connectivity index is 2.18. The van der Waals surface area contributed by atoms with Crippen LogP contribution in [0.4, 0.5) is 5.82 Å². The van der Waals surface area contributed by atoms with Gasteiger partial charge in [0.1, 0.15) is 12.1 Å². The summed E-state index contributed by atoms with van der Waals surface area (Å²) in [6.07, 6.45) is 8.83. The summed E-state index contributed by atoms with van der Waals surface area (Å²) in [6, 6.07) is 2.56. The third-order valence-electron chi connectivity index (χ3n) is 3.56. The van der Waals surface area contributed by atoms with Gasteiger partial charge in [0.15, 0.2) is 0 Å². The van der Waals surface area contributed by atoms with Gasteiger partial charge in [0.2, 0.25) is 0 Å². The van der Waals surface area contributed by atoms with Crippen molar-refractivity contribution in [2.75, 3.05) is 17.3 Å². The molecule has 0 saturated carbocycles. The highest BCUT2D eigenvalue weighted by molar-refractivity contribution is 6.18. The molecule has 1 atom stereocenters. The average molecular weight is 268 g/mol. The summed E-state index contributed by atoms with van der Waals surface area (Å²) < 4.78 is 0. The molecule has 18 heavy (non-hydrogen) atoms. The zero-order chi connectivity index (χ0) is 12.8. The number of aryl methyl sites for hydroxylation is 1. The molecule has 1 saturated heterocycles. The van der Waals surface area contributed by atoms with Gasteiger partial charge in [0.05, 0.1) is 0 Å². The van der Waals surface area contributed by atoms with Gasteiger partial charge in [-0.2, -0.15) is 0 Å². The van der Waals surface area contributed by atoms with E-state index in [1.807, 2.05) is 0 Å². The molecule has 1 unspecified atom stereocenters. The Kier molecular flexibility index (Phi) is 5.24. The fraction of sp³-hybridized carbons (Fsp3) is 0.714. The second-order valence-corrected chi connectivity index (χ2v) is 5.28. The van der Waals surface area contributed by atoms with Crippen LogP contribution >= 0.6 is 11.6 Å². The number of rotatable bonds is 4. The minimum absolute atomic E-state index is 0.429. The van der Waals surface area contributed by atoms with Crippen LogP contribution in [0, 0.1) is 0 Å². The third kappa shape index (κ3) is 3.35. The molecule has 0 aliphatic carbocycles. The van der Waals surface area contributed by atoms with Crippen LogP contribution in [-0.4, -0.2) is 28.4 Å². The molecule has 1 aliphatic rings. The van der Waals surface area contributed by atoms with Gasteiger partial charge in [-0.15, -0.1) is 11.6 Å². The first-order valence-electron chi connectivity index (χ1n) is 6.98. The fourth-order valence-electron chi connectivity index (χ4n) is 2.58. The lowest BCUT2D eigenvalue weighted by Gasteiger charge is -2.29. The fourth-order valence-corrected chi connectivity index (χ4v) is 2.90. The highest BCUT2D eigenvalue weighted by Gasteiger charge is 2.21. The minimum atomic E-state index is 0.429. The molecule has 0 radical (unpaired) electrons. The van der Waals surface area contributed by atoms with E-state index in [9.17, 15) is 0 Å². The molecule has 2 rings (SSSR count). The molecule has 1 aromatic rings. The van der Waals surface area contributed by atoms with Crippen LogP contribution in [0.1, 0.15) is 44.7 Å². The lowest BCUT2D eigenvalue weighted by atomic mass is 10.1. The number of aromatic nitrogens is 2. The zero-order valence-electron chi connectivity index (χ0n) is 11.1. The first kappa shape index (κ1) is 13.6. The van der Waals surface area contributed by atoms with Crippen LogP contribution in [0.3, 0.4) is 0 Å². The Labute approximate surface area is 115 Å². The van der Waals surface area contributed by atoms with Gasteiger partial charge in [0, 0.05) is 30.2 Å². The summed E-state index contributed by atoms with van der Waals surface area (Å²) >= 11 is 6.11. The maximum Gasteiger partial charge on any atom is 0.132 e. The Morgan fingerprint density at radius 2 is 2.22 bits per heavy atom. The summed E-state index contributed by atoms with van der Waals surface area (Å²) in [6.45, 7) is 3.25. The van der Waals surface area contributed by atoms with Crippen molar-refractivity contribution in [1.82, 2.24) is 9.97 Å². The molecule has 0 N–H and O–H groups in total. The van der Waals surface area contributed by atoms with Crippen LogP contribution in [-0.2, 0) is 6.42 Å². The van der Waals surface area contributed by atoms with E-state index in [0.29, 0.717) is 11.9 Å². The SMILES string of the molecule is CCCc1cc(N2CCCCCC2CCl)ncn1. The number of anilines is 1. The van der Waals surface area contributed by atoms with E-state index >= 15 is 0 Å². The van der Waals surface area contributed by atoms with E-state index in [4.69, 9.17) is 11.6 Å². The average Bonchev–Trinajstić information content (AvgIpc) is 2.64. The Bertz CT molecular complexity index is 370. The van der Waals surface area contributed by atoms with E-state index in [0.717, 1.165) is 30.9 Å². The highest BCUT2D eigenvalue weighted by atomic mass is 35.5. The van der Waals surface area contributed by atoms with Crippen molar-refractivity contribution >= 4 is 17.4 Å². The van der Waals surface area contributed by atoms with Crippen molar-refractivity contribution in [3.63, 3.8) is 0 Å². The van der Waals surface area contributed by atoms with Crippen molar-refractivity contribution in [1.29, 1.82) is 0 Å². The van der Waals surface area contributed by atoms with Crippen LogP contribution in [0.5, 0.6) is 0 Å². The van der Waals surface area contributed by atoms with Gasteiger partial charge in [-0.05, 0) is 19.3 Å². The van der Waals surface area contributed by atoms with Crippen molar-refractivity contribution in [3.8, 4) is 0 Å². The zero-order valence-corrected chi connectivity index (χ0v) is 11.9. The number of nitrogens with zero attached hydrogens (tertiary/aromatic N) is 3. The molecule has 0 bridgehead atoms. The molecular weight excluding hydrogens is 246 g/mol. The second-order valence-electron chi connectivity index (χ2n) is 4.97. The van der Waals surface area contributed by atoms with E-state index in [-0.39, 0.29) is 0 Å². The lowest BCUT2D eigenvalue weighted by Crippen LogP contribution is -2.36.